The number of amidine groups is 1. The number of nitrogens with two attached hydrogens (primary N) is 1. The minimum atomic E-state index is -1.41. The summed E-state index contributed by atoms with van der Waals surface area (Å²) in [6, 6.07) is 13.5. The Balaban J connectivity index is 1.47. The second-order valence-electron chi connectivity index (χ2n) is 7.84. The molecule has 0 saturated heterocycles. The third-order valence-electron chi connectivity index (χ3n) is 5.91. The summed E-state index contributed by atoms with van der Waals surface area (Å²) in [4.78, 5) is 21.2. The van der Waals surface area contributed by atoms with Crippen molar-refractivity contribution in [3.8, 4) is 0 Å². The third kappa shape index (κ3) is 3.01. The fraction of sp³-hybridized carbons (Fsp3) is 0.261. The maximum Gasteiger partial charge on any atom is 0.283 e. The average Bonchev–Trinajstić information content (AvgIpc) is 3.54. The molecule has 7 heteroatoms. The van der Waals surface area contributed by atoms with E-state index in [4.69, 9.17) is 10.5 Å². The minimum Gasteiger partial charge on any atom is -0.462 e. The Morgan fingerprint density at radius 2 is 2.00 bits per heavy atom. The summed E-state index contributed by atoms with van der Waals surface area (Å²) in [5, 5.41) is 1.86. The number of pyridine rings is 1. The van der Waals surface area contributed by atoms with Crippen LogP contribution in [-0.4, -0.2) is 29.6 Å². The number of carbonyl (C=O) groups is 1. The molecule has 3 aromatic rings. The largest absolute Gasteiger partial charge is 0.462 e. The Bertz CT molecular complexity index is 1200. The summed E-state index contributed by atoms with van der Waals surface area (Å²) in [6.45, 7) is -0.890. The molecule has 152 valence electrons. The molecule has 0 bridgehead atoms. The van der Waals surface area contributed by atoms with Crippen LogP contribution in [0.15, 0.2) is 59.7 Å². The highest BCUT2D eigenvalue weighted by molar-refractivity contribution is 5.98. The Labute approximate surface area is 171 Å². The van der Waals surface area contributed by atoms with Crippen LogP contribution in [-0.2, 0) is 16.7 Å². The van der Waals surface area contributed by atoms with E-state index in [1.54, 1.807) is 12.3 Å². The standard InChI is InChI=1S/C23H19F2N3O2/c24-12-23(17-10-21(17)30-22(26)28-23)16-7-13(5-6-18(16)25)8-20(29)19-9-14-3-1-2-4-15(14)11-27-19/h1-7,9,11,17,21H,8,10,12H2,(H2,26,28)/t17-,21+,23+/m0/s1. The lowest BCUT2D eigenvalue weighted by Gasteiger charge is -2.31. The van der Waals surface area contributed by atoms with E-state index in [0.29, 0.717) is 17.7 Å². The van der Waals surface area contributed by atoms with Gasteiger partial charge in [0.1, 0.15) is 29.8 Å². The second kappa shape index (κ2) is 6.86. The van der Waals surface area contributed by atoms with Crippen LogP contribution < -0.4 is 5.73 Å². The molecular weight excluding hydrogens is 388 g/mol. The lowest BCUT2D eigenvalue weighted by atomic mass is 9.84. The number of halogens is 2. The third-order valence-corrected chi connectivity index (χ3v) is 5.91. The van der Waals surface area contributed by atoms with Crippen molar-refractivity contribution in [1.29, 1.82) is 0 Å². The van der Waals surface area contributed by atoms with Gasteiger partial charge in [-0.3, -0.25) is 9.78 Å². The quantitative estimate of drug-likeness (QED) is 0.655. The summed E-state index contributed by atoms with van der Waals surface area (Å²) in [5.74, 6) is -1.04. The van der Waals surface area contributed by atoms with Crippen LogP contribution >= 0.6 is 0 Å². The fourth-order valence-corrected chi connectivity index (χ4v) is 4.25. The number of ether oxygens (including phenoxy) is 1. The molecule has 3 atom stereocenters. The van der Waals surface area contributed by atoms with Crippen molar-refractivity contribution >= 4 is 22.6 Å². The van der Waals surface area contributed by atoms with Crippen molar-refractivity contribution < 1.29 is 18.3 Å². The van der Waals surface area contributed by atoms with E-state index in [-0.39, 0.29) is 35.8 Å². The predicted molar refractivity (Wildman–Crippen MR) is 108 cm³/mol. The molecule has 30 heavy (non-hydrogen) atoms. The van der Waals surface area contributed by atoms with E-state index in [1.807, 2.05) is 24.3 Å². The van der Waals surface area contributed by atoms with Gasteiger partial charge >= 0.3 is 0 Å². The van der Waals surface area contributed by atoms with Crippen molar-refractivity contribution in [3.63, 3.8) is 0 Å². The first-order chi connectivity index (χ1) is 14.5. The summed E-state index contributed by atoms with van der Waals surface area (Å²) in [6.07, 6.45) is 2.00. The van der Waals surface area contributed by atoms with Crippen molar-refractivity contribution in [1.82, 2.24) is 4.98 Å². The Kier molecular flexibility index (Phi) is 4.27. The molecule has 1 saturated carbocycles. The van der Waals surface area contributed by atoms with E-state index < -0.39 is 18.0 Å². The number of hydrogen-bond donors (Lipinski definition) is 1. The maximum absolute atomic E-state index is 14.7. The molecule has 1 aromatic heterocycles. The van der Waals surface area contributed by atoms with Gasteiger partial charge < -0.3 is 10.5 Å². The molecule has 0 radical (unpaired) electrons. The number of rotatable bonds is 5. The molecule has 0 unspecified atom stereocenters. The van der Waals surface area contributed by atoms with E-state index in [0.717, 1.165) is 10.8 Å². The molecule has 2 N–H and O–H groups in total. The molecule has 1 aliphatic heterocycles. The van der Waals surface area contributed by atoms with Gasteiger partial charge in [0.2, 0.25) is 0 Å². The summed E-state index contributed by atoms with van der Waals surface area (Å²) in [5.41, 5.74) is 5.31. The average molecular weight is 407 g/mol. The van der Waals surface area contributed by atoms with Gasteiger partial charge in [-0.05, 0) is 35.6 Å². The number of alkyl halides is 1. The summed E-state index contributed by atoms with van der Waals surface area (Å²) >= 11 is 0. The first kappa shape index (κ1) is 18.7. The molecule has 0 amide bonds. The van der Waals surface area contributed by atoms with E-state index in [9.17, 15) is 13.6 Å². The molecule has 5 rings (SSSR count). The van der Waals surface area contributed by atoms with Crippen LogP contribution in [0.4, 0.5) is 8.78 Å². The number of Topliss-reactive ketones (excluding diaryl/α,β-unsaturated/α-hetero) is 1. The van der Waals surface area contributed by atoms with Crippen molar-refractivity contribution in [2.75, 3.05) is 6.67 Å². The topological polar surface area (TPSA) is 77.6 Å². The smallest absolute Gasteiger partial charge is 0.283 e. The van der Waals surface area contributed by atoms with E-state index in [2.05, 4.69) is 9.98 Å². The van der Waals surface area contributed by atoms with Crippen LogP contribution in [0.1, 0.15) is 28.0 Å². The number of carbonyl (C=O) groups excluding carboxylic acids is 1. The van der Waals surface area contributed by atoms with Crippen LogP contribution in [0, 0.1) is 11.7 Å². The van der Waals surface area contributed by atoms with Crippen molar-refractivity contribution in [2.24, 2.45) is 16.6 Å². The molecular formula is C23H19F2N3O2. The van der Waals surface area contributed by atoms with Gasteiger partial charge in [-0.25, -0.2) is 13.8 Å². The van der Waals surface area contributed by atoms with E-state index >= 15 is 0 Å². The van der Waals surface area contributed by atoms with Gasteiger partial charge in [-0.2, -0.15) is 0 Å². The fourth-order valence-electron chi connectivity index (χ4n) is 4.25. The molecule has 1 fully saturated rings. The molecule has 1 aliphatic carbocycles. The van der Waals surface area contributed by atoms with Crippen molar-refractivity contribution in [3.05, 3.63) is 77.4 Å². The van der Waals surface area contributed by atoms with E-state index in [1.165, 1.54) is 18.2 Å². The summed E-state index contributed by atoms with van der Waals surface area (Å²) < 4.78 is 34.3. The van der Waals surface area contributed by atoms with Crippen LogP contribution in [0.5, 0.6) is 0 Å². The Hall–Kier alpha value is -3.35. The number of nitrogens with zero attached hydrogens (tertiary/aromatic N) is 2. The molecule has 5 nitrogen and oxygen atoms in total. The predicted octanol–water partition coefficient (Wildman–Crippen LogP) is 3.70. The molecule has 2 aliphatic rings. The lowest BCUT2D eigenvalue weighted by Crippen LogP contribution is -2.39. The second-order valence-corrected chi connectivity index (χ2v) is 7.84. The van der Waals surface area contributed by atoms with Gasteiger partial charge in [0.25, 0.3) is 6.02 Å². The monoisotopic (exact) mass is 407 g/mol. The number of fused-ring (bicyclic) bond motifs is 2. The first-order valence-electron chi connectivity index (χ1n) is 9.75. The SMILES string of the molecule is NC1=N[C@](CF)(c2cc(CC(=O)c3cc4ccccc4cn3)ccc2F)[C@H]2C[C@H]2O1. The highest BCUT2D eigenvalue weighted by Gasteiger charge is 2.60. The highest BCUT2D eigenvalue weighted by Crippen LogP contribution is 2.53. The molecule has 0 spiro atoms. The number of hydrogen-bond acceptors (Lipinski definition) is 5. The summed E-state index contributed by atoms with van der Waals surface area (Å²) in [7, 11) is 0. The first-order valence-corrected chi connectivity index (χ1v) is 9.75. The number of aliphatic imine (C=N–C) groups is 1. The zero-order valence-corrected chi connectivity index (χ0v) is 16.0. The number of aromatic nitrogens is 1. The van der Waals surface area contributed by atoms with Gasteiger partial charge in [-0.15, -0.1) is 0 Å². The van der Waals surface area contributed by atoms with Gasteiger partial charge in [0, 0.05) is 29.5 Å². The Morgan fingerprint density at radius 3 is 2.80 bits per heavy atom. The maximum atomic E-state index is 14.7. The van der Waals surface area contributed by atoms with Crippen molar-refractivity contribution in [2.45, 2.75) is 24.5 Å². The zero-order valence-electron chi connectivity index (χ0n) is 16.0. The Morgan fingerprint density at radius 1 is 1.20 bits per heavy atom. The molecule has 2 aromatic carbocycles. The minimum absolute atomic E-state index is 0.0186. The van der Waals surface area contributed by atoms with Crippen LogP contribution in [0.3, 0.4) is 0 Å². The van der Waals surface area contributed by atoms with Crippen LogP contribution in [0.2, 0.25) is 0 Å². The van der Waals surface area contributed by atoms with Gasteiger partial charge in [0.15, 0.2) is 5.78 Å². The zero-order chi connectivity index (χ0) is 20.9. The highest BCUT2D eigenvalue weighted by atomic mass is 19.1. The van der Waals surface area contributed by atoms with Crippen LogP contribution in [0.25, 0.3) is 10.8 Å². The van der Waals surface area contributed by atoms with Gasteiger partial charge in [0.05, 0.1) is 0 Å². The molecule has 2 heterocycles. The number of benzene rings is 2. The number of ketones is 1. The van der Waals surface area contributed by atoms with Gasteiger partial charge in [-0.1, -0.05) is 30.3 Å². The normalized spacial score (nSPS) is 24.7. The lowest BCUT2D eigenvalue weighted by molar-refractivity contribution is 0.0988.